The van der Waals surface area contributed by atoms with Crippen molar-refractivity contribution in [3.8, 4) is 16.3 Å². The van der Waals surface area contributed by atoms with Gasteiger partial charge in [0.2, 0.25) is 0 Å². The number of nitrogens with zero attached hydrogens (tertiary/aromatic N) is 3. The van der Waals surface area contributed by atoms with E-state index < -0.39 is 0 Å². The number of hydrogen-bond donors (Lipinski definition) is 1. The van der Waals surface area contributed by atoms with Crippen molar-refractivity contribution in [1.29, 1.82) is 0 Å². The molecule has 1 amide bonds. The van der Waals surface area contributed by atoms with E-state index in [1.807, 2.05) is 53.9 Å². The van der Waals surface area contributed by atoms with E-state index in [4.69, 9.17) is 16.7 Å². The van der Waals surface area contributed by atoms with Gasteiger partial charge in [-0.05, 0) is 54.1 Å². The first-order valence-corrected chi connectivity index (χ1v) is 12.4. The summed E-state index contributed by atoms with van der Waals surface area (Å²) in [7, 11) is 0. The quantitative estimate of drug-likeness (QED) is 0.391. The van der Waals surface area contributed by atoms with Gasteiger partial charge in [0, 0.05) is 30.7 Å². The molecule has 0 unspecified atom stereocenters. The number of hydrogen-bond acceptors (Lipinski definition) is 4. The summed E-state index contributed by atoms with van der Waals surface area (Å²) < 4.78 is 1.70. The average molecular weight is 477 g/mol. The second kappa shape index (κ2) is 9.91. The Hall–Kier alpha value is -2.93. The lowest BCUT2D eigenvalue weighted by Crippen LogP contribution is -2.44. The first-order chi connectivity index (χ1) is 16.2. The van der Waals surface area contributed by atoms with Crippen LogP contribution in [-0.4, -0.2) is 39.7 Å². The third-order valence-corrected chi connectivity index (χ3v) is 7.07. The maximum absolute atomic E-state index is 13.3. The Morgan fingerprint density at radius 1 is 1.03 bits per heavy atom. The monoisotopic (exact) mass is 476 g/mol. The molecule has 2 aromatic heterocycles. The molecule has 33 heavy (non-hydrogen) atoms. The summed E-state index contributed by atoms with van der Waals surface area (Å²) in [5.74, 6) is -0.105. The summed E-state index contributed by atoms with van der Waals surface area (Å²) in [4.78, 5) is 16.8. The molecule has 2 aromatic carbocycles. The van der Waals surface area contributed by atoms with Crippen LogP contribution in [0.5, 0.6) is 0 Å². The molecular formula is C26H25ClN4OS. The Kier molecular flexibility index (Phi) is 6.58. The topological polar surface area (TPSA) is 50.2 Å². The van der Waals surface area contributed by atoms with Crippen LogP contribution < -0.4 is 5.32 Å². The van der Waals surface area contributed by atoms with Crippen molar-refractivity contribution < 1.29 is 4.79 Å². The molecule has 7 heteroatoms. The number of nitrogens with one attached hydrogen (secondary N) is 1. The standard InChI is InChI=1S/C26H25ClN4OS/c27-20-8-4-9-22(16-20)31-24(17-23(29-31)25-10-5-15-33-25)26(32)28-21-11-13-30(14-12-21)18-19-6-2-1-3-7-19/h1-10,15-17,21H,11-14,18H2,(H,28,32). The van der Waals surface area contributed by atoms with Gasteiger partial charge in [0.05, 0.1) is 10.6 Å². The molecule has 1 N–H and O–H groups in total. The number of rotatable bonds is 6. The fraction of sp³-hybridized carbons (Fsp3) is 0.231. The molecule has 0 bridgehead atoms. The summed E-state index contributed by atoms with van der Waals surface area (Å²) in [5.41, 5.74) is 3.40. The summed E-state index contributed by atoms with van der Waals surface area (Å²) >= 11 is 7.82. The number of carbonyl (C=O) groups is 1. The SMILES string of the molecule is O=C(NC1CCN(Cc2ccccc2)CC1)c1cc(-c2cccs2)nn1-c1cccc(Cl)c1. The maximum atomic E-state index is 13.3. The number of aromatic nitrogens is 2. The van der Waals surface area contributed by atoms with E-state index in [-0.39, 0.29) is 11.9 Å². The van der Waals surface area contributed by atoms with Crippen LogP contribution in [0.1, 0.15) is 28.9 Å². The number of thiophene rings is 1. The number of likely N-dealkylation sites (tertiary alicyclic amines) is 1. The molecule has 1 aliphatic heterocycles. The lowest BCUT2D eigenvalue weighted by molar-refractivity contribution is 0.0901. The third kappa shape index (κ3) is 5.19. The molecule has 0 spiro atoms. The van der Waals surface area contributed by atoms with Gasteiger partial charge in [-0.1, -0.05) is 54.1 Å². The largest absolute Gasteiger partial charge is 0.348 e. The van der Waals surface area contributed by atoms with Crippen LogP contribution in [0.3, 0.4) is 0 Å². The molecule has 1 saturated heterocycles. The maximum Gasteiger partial charge on any atom is 0.270 e. The van der Waals surface area contributed by atoms with Crippen molar-refractivity contribution in [3.63, 3.8) is 0 Å². The van der Waals surface area contributed by atoms with Gasteiger partial charge >= 0.3 is 0 Å². The van der Waals surface area contributed by atoms with Crippen molar-refractivity contribution in [1.82, 2.24) is 20.0 Å². The minimum absolute atomic E-state index is 0.105. The zero-order chi connectivity index (χ0) is 22.6. The highest BCUT2D eigenvalue weighted by Crippen LogP contribution is 2.27. The molecule has 3 heterocycles. The lowest BCUT2D eigenvalue weighted by atomic mass is 10.0. The Balaban J connectivity index is 1.30. The predicted octanol–water partition coefficient (Wildman–Crippen LogP) is 5.65. The number of halogens is 1. The zero-order valence-corrected chi connectivity index (χ0v) is 19.7. The van der Waals surface area contributed by atoms with Gasteiger partial charge in [-0.25, -0.2) is 4.68 Å². The van der Waals surface area contributed by atoms with Gasteiger partial charge in [0.15, 0.2) is 0 Å². The summed E-state index contributed by atoms with van der Waals surface area (Å²) in [5, 5.41) is 10.6. The van der Waals surface area contributed by atoms with E-state index in [9.17, 15) is 4.79 Å². The van der Waals surface area contributed by atoms with E-state index in [1.54, 1.807) is 16.0 Å². The molecule has 1 aliphatic rings. The first kappa shape index (κ1) is 21.9. The van der Waals surface area contributed by atoms with Crippen LogP contribution in [0.15, 0.2) is 78.2 Å². The zero-order valence-electron chi connectivity index (χ0n) is 18.2. The van der Waals surface area contributed by atoms with Crippen LogP contribution in [0.25, 0.3) is 16.3 Å². The smallest absolute Gasteiger partial charge is 0.270 e. The minimum Gasteiger partial charge on any atom is -0.348 e. The van der Waals surface area contributed by atoms with E-state index >= 15 is 0 Å². The van der Waals surface area contributed by atoms with Crippen LogP contribution >= 0.6 is 22.9 Å². The number of amides is 1. The molecule has 1 fully saturated rings. The van der Waals surface area contributed by atoms with Crippen molar-refractivity contribution in [2.75, 3.05) is 13.1 Å². The molecular weight excluding hydrogens is 452 g/mol. The van der Waals surface area contributed by atoms with E-state index in [2.05, 4.69) is 34.5 Å². The minimum atomic E-state index is -0.105. The number of piperidine rings is 1. The van der Waals surface area contributed by atoms with Crippen LogP contribution in [0, 0.1) is 0 Å². The highest BCUT2D eigenvalue weighted by Gasteiger charge is 2.24. The van der Waals surface area contributed by atoms with Gasteiger partial charge < -0.3 is 5.32 Å². The second-order valence-electron chi connectivity index (χ2n) is 8.29. The normalized spacial score (nSPS) is 14.9. The van der Waals surface area contributed by atoms with Crippen molar-refractivity contribution in [3.05, 3.63) is 94.5 Å². The fourth-order valence-corrected chi connectivity index (χ4v) is 5.09. The molecule has 0 radical (unpaired) electrons. The van der Waals surface area contributed by atoms with Crippen LogP contribution in [0.2, 0.25) is 5.02 Å². The Labute approximate surface area is 202 Å². The molecule has 0 aliphatic carbocycles. The van der Waals surface area contributed by atoms with E-state index in [1.165, 1.54) is 5.56 Å². The third-order valence-electron chi connectivity index (χ3n) is 5.94. The van der Waals surface area contributed by atoms with Gasteiger partial charge in [-0.2, -0.15) is 5.10 Å². The van der Waals surface area contributed by atoms with Crippen molar-refractivity contribution >= 4 is 28.8 Å². The average Bonchev–Trinajstić information content (AvgIpc) is 3.51. The summed E-state index contributed by atoms with van der Waals surface area (Å²) in [6, 6.07) is 24.0. The van der Waals surface area contributed by atoms with Crippen LogP contribution in [0.4, 0.5) is 0 Å². The highest BCUT2D eigenvalue weighted by atomic mass is 35.5. The van der Waals surface area contributed by atoms with Gasteiger partial charge in [0.1, 0.15) is 11.4 Å². The first-order valence-electron chi connectivity index (χ1n) is 11.1. The van der Waals surface area contributed by atoms with Crippen molar-refractivity contribution in [2.45, 2.75) is 25.4 Å². The van der Waals surface area contributed by atoms with Crippen LogP contribution in [-0.2, 0) is 6.54 Å². The van der Waals surface area contributed by atoms with E-state index in [0.717, 1.165) is 48.7 Å². The Morgan fingerprint density at radius 2 is 1.85 bits per heavy atom. The molecule has 4 aromatic rings. The fourth-order valence-electron chi connectivity index (χ4n) is 4.23. The highest BCUT2D eigenvalue weighted by molar-refractivity contribution is 7.13. The molecule has 168 valence electrons. The predicted molar refractivity (Wildman–Crippen MR) is 134 cm³/mol. The lowest BCUT2D eigenvalue weighted by Gasteiger charge is -2.32. The summed E-state index contributed by atoms with van der Waals surface area (Å²) in [6.07, 6.45) is 1.86. The Morgan fingerprint density at radius 3 is 2.58 bits per heavy atom. The van der Waals surface area contributed by atoms with Gasteiger partial charge in [0.25, 0.3) is 5.91 Å². The number of benzene rings is 2. The molecule has 5 rings (SSSR count). The van der Waals surface area contributed by atoms with Crippen molar-refractivity contribution in [2.24, 2.45) is 0 Å². The van der Waals surface area contributed by atoms with Gasteiger partial charge in [-0.3, -0.25) is 9.69 Å². The molecule has 0 saturated carbocycles. The molecule has 0 atom stereocenters. The Bertz CT molecular complexity index is 1210. The molecule has 5 nitrogen and oxygen atoms in total. The van der Waals surface area contributed by atoms with Gasteiger partial charge in [-0.15, -0.1) is 11.3 Å². The van der Waals surface area contributed by atoms with E-state index in [0.29, 0.717) is 10.7 Å². The second-order valence-corrected chi connectivity index (χ2v) is 9.68. The number of carbonyl (C=O) groups excluding carboxylic acids is 1. The summed E-state index contributed by atoms with van der Waals surface area (Å²) in [6.45, 7) is 2.88.